The Labute approximate surface area is 325 Å². The van der Waals surface area contributed by atoms with Gasteiger partial charge in [-0.3, -0.25) is 0 Å². The van der Waals surface area contributed by atoms with Gasteiger partial charge in [-0.1, -0.05) is 84.9 Å². The van der Waals surface area contributed by atoms with Crippen LogP contribution < -0.4 is 18.9 Å². The molecule has 5 nitrogen and oxygen atoms in total. The van der Waals surface area contributed by atoms with Crippen molar-refractivity contribution in [3.63, 3.8) is 0 Å². The van der Waals surface area contributed by atoms with E-state index in [0.717, 1.165) is 84.1 Å². The monoisotopic (exact) mass is 730 g/mol. The van der Waals surface area contributed by atoms with Gasteiger partial charge in [0.25, 0.3) is 0 Å². The number of benzene rings is 6. The number of hydrogen-bond acceptors (Lipinski definition) is 5. The van der Waals surface area contributed by atoms with Crippen molar-refractivity contribution in [1.82, 2.24) is 0 Å². The molecule has 0 aliphatic heterocycles. The van der Waals surface area contributed by atoms with Crippen LogP contribution in [0, 0.1) is 0 Å². The van der Waals surface area contributed by atoms with Crippen molar-refractivity contribution in [2.45, 2.75) is 75.4 Å². The lowest BCUT2D eigenvalue weighted by atomic mass is 9.85. The predicted octanol–water partition coefficient (Wildman–Crippen LogP) is 13.1. The standard InChI is InChI=1S/C50H50O5/c1-3-51-41-25-21-39(22-26-41)49(29-30-49)35-47(37-13-11-19-45(33-37)53-43-15-7-5-8-16-43)55-48(36-50(31-32-50)40-23-27-42(28-24-40)52-4-2)38-14-12-20-46(34-38)54-44-17-9-6-10-18-44/h5-28,33-34,47-48H,3-4,29-32,35-36H2,1-2H3. The second kappa shape index (κ2) is 16.5. The number of para-hydroxylation sites is 2. The van der Waals surface area contributed by atoms with Gasteiger partial charge >= 0.3 is 0 Å². The second-order valence-electron chi connectivity index (χ2n) is 15.0. The van der Waals surface area contributed by atoms with E-state index in [1.54, 1.807) is 0 Å². The van der Waals surface area contributed by atoms with E-state index >= 15 is 0 Å². The van der Waals surface area contributed by atoms with E-state index in [4.69, 9.17) is 23.7 Å². The molecule has 0 bridgehead atoms. The van der Waals surface area contributed by atoms with Crippen molar-refractivity contribution in [3.8, 4) is 34.5 Å². The lowest BCUT2D eigenvalue weighted by molar-refractivity contribution is -0.0339. The summed E-state index contributed by atoms with van der Waals surface area (Å²) in [6.45, 7) is 5.35. The van der Waals surface area contributed by atoms with Gasteiger partial charge in [0, 0.05) is 0 Å². The largest absolute Gasteiger partial charge is 0.494 e. The van der Waals surface area contributed by atoms with E-state index in [0.29, 0.717) is 13.2 Å². The predicted molar refractivity (Wildman–Crippen MR) is 219 cm³/mol. The Bertz CT molecular complexity index is 1970. The Balaban J connectivity index is 1.16. The summed E-state index contributed by atoms with van der Waals surface area (Å²) in [6.07, 6.45) is 5.75. The van der Waals surface area contributed by atoms with Gasteiger partial charge in [-0.25, -0.2) is 0 Å². The molecule has 5 heteroatoms. The summed E-state index contributed by atoms with van der Waals surface area (Å²) < 4.78 is 32.0. The minimum Gasteiger partial charge on any atom is -0.494 e. The molecule has 2 aliphatic rings. The van der Waals surface area contributed by atoms with Gasteiger partial charge in [0.05, 0.1) is 25.4 Å². The van der Waals surface area contributed by atoms with Gasteiger partial charge in [0.1, 0.15) is 34.5 Å². The minimum atomic E-state index is -0.201. The first kappa shape index (κ1) is 36.5. The number of hydrogen-bond donors (Lipinski definition) is 0. The fraction of sp³-hybridized carbons (Fsp3) is 0.280. The van der Waals surface area contributed by atoms with E-state index in [2.05, 4.69) is 84.9 Å². The molecule has 0 amide bonds. The van der Waals surface area contributed by atoms with Crippen LogP contribution in [0.4, 0.5) is 0 Å². The van der Waals surface area contributed by atoms with Crippen LogP contribution in [0.15, 0.2) is 158 Å². The lowest BCUT2D eigenvalue weighted by Crippen LogP contribution is -2.21. The summed E-state index contributed by atoms with van der Waals surface area (Å²) in [5.74, 6) is 5.02. The average Bonchev–Trinajstić information content (AvgIpc) is 4.17. The summed E-state index contributed by atoms with van der Waals surface area (Å²) >= 11 is 0. The summed E-state index contributed by atoms with van der Waals surface area (Å²) in [6, 6.07) is 54.3. The Morgan fingerprint density at radius 2 is 0.800 bits per heavy atom. The molecule has 8 rings (SSSR count). The van der Waals surface area contributed by atoms with Gasteiger partial charge in [0.15, 0.2) is 0 Å². The lowest BCUT2D eigenvalue weighted by Gasteiger charge is -2.32. The highest BCUT2D eigenvalue weighted by atomic mass is 16.5. The van der Waals surface area contributed by atoms with Gasteiger partial charge in [-0.15, -0.1) is 0 Å². The van der Waals surface area contributed by atoms with E-state index in [-0.39, 0.29) is 23.0 Å². The van der Waals surface area contributed by atoms with Crippen molar-refractivity contribution >= 4 is 0 Å². The van der Waals surface area contributed by atoms with Gasteiger partial charge in [0.2, 0.25) is 0 Å². The highest BCUT2D eigenvalue weighted by Crippen LogP contribution is 2.58. The molecule has 6 aromatic rings. The zero-order chi connectivity index (χ0) is 37.5. The van der Waals surface area contributed by atoms with Crippen LogP contribution in [0.3, 0.4) is 0 Å². The molecule has 280 valence electrons. The second-order valence-corrected chi connectivity index (χ2v) is 15.0. The molecule has 2 unspecified atom stereocenters. The maximum Gasteiger partial charge on any atom is 0.127 e. The van der Waals surface area contributed by atoms with Crippen LogP contribution in [-0.4, -0.2) is 13.2 Å². The summed E-state index contributed by atoms with van der Waals surface area (Å²) in [7, 11) is 0. The molecular formula is C50H50O5. The molecule has 6 aromatic carbocycles. The van der Waals surface area contributed by atoms with E-state index in [1.165, 1.54) is 11.1 Å². The molecule has 0 aromatic heterocycles. The van der Waals surface area contributed by atoms with Crippen LogP contribution >= 0.6 is 0 Å². The minimum absolute atomic E-state index is 0.0148. The summed E-state index contributed by atoms with van der Waals surface area (Å²) in [5, 5.41) is 0. The zero-order valence-electron chi connectivity index (χ0n) is 31.9. The molecule has 0 saturated heterocycles. The first-order valence-corrected chi connectivity index (χ1v) is 19.8. The van der Waals surface area contributed by atoms with Crippen molar-refractivity contribution in [1.29, 1.82) is 0 Å². The number of rotatable bonds is 18. The highest BCUT2D eigenvalue weighted by Gasteiger charge is 2.49. The van der Waals surface area contributed by atoms with Gasteiger partial charge < -0.3 is 23.7 Å². The molecule has 2 saturated carbocycles. The average molecular weight is 731 g/mol. The van der Waals surface area contributed by atoms with Crippen LogP contribution in [-0.2, 0) is 15.6 Å². The van der Waals surface area contributed by atoms with E-state index in [1.807, 2.05) is 86.6 Å². The Kier molecular flexibility index (Phi) is 10.9. The maximum absolute atomic E-state index is 7.59. The first-order chi connectivity index (χ1) is 27.0. The van der Waals surface area contributed by atoms with Gasteiger partial charge in [-0.05, 0) is 158 Å². The smallest absolute Gasteiger partial charge is 0.127 e. The third-order valence-corrected chi connectivity index (χ3v) is 11.2. The summed E-state index contributed by atoms with van der Waals surface area (Å²) in [4.78, 5) is 0. The van der Waals surface area contributed by atoms with Crippen molar-refractivity contribution in [2.24, 2.45) is 0 Å². The van der Waals surface area contributed by atoms with E-state index in [9.17, 15) is 0 Å². The SMILES string of the molecule is CCOc1ccc(C2(CC(OC(CC3(c4ccc(OCC)cc4)CC3)c3cccc(Oc4ccccc4)c3)c3cccc(Oc4ccccc4)c3)CC2)cc1. The normalized spacial score (nSPS) is 16.0. The highest BCUT2D eigenvalue weighted by molar-refractivity contribution is 5.41. The summed E-state index contributed by atoms with van der Waals surface area (Å²) in [5.41, 5.74) is 4.92. The van der Waals surface area contributed by atoms with Crippen molar-refractivity contribution < 1.29 is 23.7 Å². The molecule has 0 spiro atoms. The Hall–Kier alpha value is -5.52. The third kappa shape index (κ3) is 8.90. The fourth-order valence-electron chi connectivity index (χ4n) is 7.87. The Morgan fingerprint density at radius 1 is 0.418 bits per heavy atom. The van der Waals surface area contributed by atoms with Crippen LogP contribution in [0.2, 0.25) is 0 Å². The molecule has 2 aliphatic carbocycles. The zero-order valence-corrected chi connectivity index (χ0v) is 31.9. The van der Waals surface area contributed by atoms with Gasteiger partial charge in [-0.2, -0.15) is 0 Å². The Morgan fingerprint density at radius 3 is 1.16 bits per heavy atom. The molecule has 55 heavy (non-hydrogen) atoms. The topological polar surface area (TPSA) is 46.2 Å². The van der Waals surface area contributed by atoms with Crippen LogP contribution in [0.25, 0.3) is 0 Å². The molecule has 2 atom stereocenters. The van der Waals surface area contributed by atoms with Crippen LogP contribution in [0.5, 0.6) is 34.5 Å². The molecule has 0 radical (unpaired) electrons. The molecule has 0 N–H and O–H groups in total. The quantitative estimate of drug-likeness (QED) is 0.0881. The van der Waals surface area contributed by atoms with Crippen molar-refractivity contribution in [2.75, 3.05) is 13.2 Å². The molecule has 0 heterocycles. The molecular weight excluding hydrogens is 681 g/mol. The maximum atomic E-state index is 7.59. The van der Waals surface area contributed by atoms with E-state index < -0.39 is 0 Å². The molecule has 2 fully saturated rings. The number of ether oxygens (including phenoxy) is 5. The third-order valence-electron chi connectivity index (χ3n) is 11.2. The van der Waals surface area contributed by atoms with Crippen molar-refractivity contribution in [3.05, 3.63) is 180 Å². The first-order valence-electron chi connectivity index (χ1n) is 19.8. The van der Waals surface area contributed by atoms with Crippen LogP contribution in [0.1, 0.15) is 86.8 Å². The fourth-order valence-corrected chi connectivity index (χ4v) is 7.87.